The van der Waals surface area contributed by atoms with Crippen LogP contribution in [0.1, 0.15) is 13.8 Å². The normalized spacial score (nSPS) is 10.3. The molecular weight excluding hydrogens is 309 g/mol. The van der Waals surface area contributed by atoms with Gasteiger partial charge in [-0.1, -0.05) is 47.5 Å². The van der Waals surface area contributed by atoms with Gasteiger partial charge in [-0.15, -0.1) is 0 Å². The monoisotopic (exact) mass is 327 g/mol. The van der Waals surface area contributed by atoms with Gasteiger partial charge >= 0.3 is 6.03 Å². The largest absolute Gasteiger partial charge is 0.333 e. The lowest BCUT2D eigenvalue weighted by molar-refractivity contribution is 0.204. The van der Waals surface area contributed by atoms with Gasteiger partial charge in [0.2, 0.25) is 0 Å². The molecular formula is C15H19Cl2N3O. The molecule has 0 saturated heterocycles. The Bertz CT molecular complexity index is 542. The second-order valence-corrected chi connectivity index (χ2v) is 5.78. The van der Waals surface area contributed by atoms with Gasteiger partial charge in [0.05, 0.1) is 10.0 Å². The van der Waals surface area contributed by atoms with E-state index in [1.165, 1.54) is 0 Å². The van der Waals surface area contributed by atoms with E-state index in [9.17, 15) is 4.79 Å². The van der Waals surface area contributed by atoms with E-state index in [2.05, 4.69) is 23.9 Å². The Morgan fingerprint density at radius 1 is 1.14 bits per heavy atom. The predicted octanol–water partition coefficient (Wildman–Crippen LogP) is 4.48. The van der Waals surface area contributed by atoms with Gasteiger partial charge in [0.1, 0.15) is 0 Å². The molecule has 0 aliphatic heterocycles. The lowest BCUT2D eigenvalue weighted by Crippen LogP contribution is -2.45. The van der Waals surface area contributed by atoms with E-state index < -0.39 is 0 Å². The highest BCUT2D eigenvalue weighted by molar-refractivity contribution is 6.42. The van der Waals surface area contributed by atoms with Crippen LogP contribution in [0.3, 0.4) is 0 Å². The number of rotatable bonds is 6. The van der Waals surface area contributed by atoms with Gasteiger partial charge in [0.15, 0.2) is 0 Å². The summed E-state index contributed by atoms with van der Waals surface area (Å²) in [4.78, 5) is 12.0. The Morgan fingerprint density at radius 2 is 1.71 bits per heavy atom. The molecule has 0 heterocycles. The molecule has 0 saturated carbocycles. The van der Waals surface area contributed by atoms with Crippen LogP contribution in [0.25, 0.3) is 0 Å². The average molecular weight is 328 g/mol. The minimum Gasteiger partial charge on any atom is -0.307 e. The number of carbonyl (C=O) groups excluding carboxylic acids is 1. The third kappa shape index (κ3) is 6.67. The quantitative estimate of drug-likeness (QED) is 0.597. The van der Waals surface area contributed by atoms with Crippen LogP contribution in [0.15, 0.2) is 42.5 Å². The van der Waals surface area contributed by atoms with Gasteiger partial charge in [0, 0.05) is 18.8 Å². The summed E-state index contributed by atoms with van der Waals surface area (Å²) in [5, 5.41) is 5.25. The van der Waals surface area contributed by atoms with Crippen LogP contribution < -0.4 is 10.7 Å². The maximum atomic E-state index is 12.0. The van der Waals surface area contributed by atoms with E-state index in [0.717, 1.165) is 11.1 Å². The Balaban J connectivity index is 2.66. The molecule has 0 aliphatic rings. The molecule has 2 N–H and O–H groups in total. The van der Waals surface area contributed by atoms with Crippen molar-refractivity contribution < 1.29 is 4.79 Å². The van der Waals surface area contributed by atoms with Crippen molar-refractivity contribution in [1.82, 2.24) is 10.4 Å². The van der Waals surface area contributed by atoms with Crippen molar-refractivity contribution in [2.45, 2.75) is 13.8 Å². The number of hydrogen-bond acceptors (Lipinski definition) is 2. The molecule has 1 aromatic rings. The molecule has 0 bridgehead atoms. The van der Waals surface area contributed by atoms with Crippen molar-refractivity contribution in [2.75, 3.05) is 18.4 Å². The Labute approximate surface area is 135 Å². The van der Waals surface area contributed by atoms with Crippen molar-refractivity contribution in [1.29, 1.82) is 0 Å². The highest BCUT2D eigenvalue weighted by atomic mass is 35.5. The van der Waals surface area contributed by atoms with Crippen LogP contribution in [-0.4, -0.2) is 24.1 Å². The highest BCUT2D eigenvalue weighted by Crippen LogP contribution is 2.24. The van der Waals surface area contributed by atoms with Crippen LogP contribution in [0.2, 0.25) is 10.0 Å². The first-order valence-electron chi connectivity index (χ1n) is 6.34. The Morgan fingerprint density at radius 3 is 2.19 bits per heavy atom. The van der Waals surface area contributed by atoms with E-state index in [-0.39, 0.29) is 6.03 Å². The molecule has 1 rings (SSSR count). The van der Waals surface area contributed by atoms with E-state index in [1.807, 2.05) is 13.8 Å². The third-order valence-corrected chi connectivity index (χ3v) is 3.10. The lowest BCUT2D eigenvalue weighted by atomic mass is 10.3. The molecule has 0 aliphatic carbocycles. The number of halogens is 2. The second-order valence-electron chi connectivity index (χ2n) is 4.97. The van der Waals surface area contributed by atoms with Gasteiger partial charge < -0.3 is 5.32 Å². The number of nitrogens with zero attached hydrogens (tertiary/aromatic N) is 1. The van der Waals surface area contributed by atoms with E-state index in [4.69, 9.17) is 23.2 Å². The lowest BCUT2D eigenvalue weighted by Gasteiger charge is -2.23. The summed E-state index contributed by atoms with van der Waals surface area (Å²) in [5.74, 6) is 0. The van der Waals surface area contributed by atoms with Crippen LogP contribution in [0, 0.1) is 0 Å². The summed E-state index contributed by atoms with van der Waals surface area (Å²) in [7, 11) is 0. The SMILES string of the molecule is C=C(C)CN(CC(=C)C)NC(=O)Nc1ccc(Cl)c(Cl)c1. The molecule has 0 atom stereocenters. The van der Waals surface area contributed by atoms with Gasteiger partial charge in [0.25, 0.3) is 0 Å². The van der Waals surface area contributed by atoms with Crippen molar-refractivity contribution >= 4 is 34.9 Å². The van der Waals surface area contributed by atoms with Crippen LogP contribution in [0.4, 0.5) is 10.5 Å². The summed E-state index contributed by atoms with van der Waals surface area (Å²) in [6, 6.07) is 4.52. The minimum atomic E-state index is -0.365. The van der Waals surface area contributed by atoms with Crippen molar-refractivity contribution in [2.24, 2.45) is 0 Å². The molecule has 114 valence electrons. The number of benzene rings is 1. The first kappa shape index (κ1) is 17.6. The standard InChI is InChI=1S/C15H19Cl2N3O/c1-10(2)8-20(9-11(3)4)19-15(21)18-12-5-6-13(16)14(17)7-12/h5-7H,1,3,8-9H2,2,4H3,(H2,18,19,21). The molecule has 2 amide bonds. The molecule has 1 aromatic carbocycles. The highest BCUT2D eigenvalue weighted by Gasteiger charge is 2.10. The van der Waals surface area contributed by atoms with E-state index in [1.54, 1.807) is 23.2 Å². The summed E-state index contributed by atoms with van der Waals surface area (Å²) in [6.07, 6.45) is 0. The number of urea groups is 1. The smallest absolute Gasteiger partial charge is 0.307 e. The van der Waals surface area contributed by atoms with Crippen molar-refractivity contribution in [3.05, 3.63) is 52.5 Å². The molecule has 6 heteroatoms. The summed E-state index contributed by atoms with van der Waals surface area (Å²) in [6.45, 7) is 12.6. The topological polar surface area (TPSA) is 44.4 Å². The van der Waals surface area contributed by atoms with Gasteiger partial charge in [-0.05, 0) is 32.0 Å². The zero-order valence-electron chi connectivity index (χ0n) is 12.2. The van der Waals surface area contributed by atoms with E-state index >= 15 is 0 Å². The first-order valence-corrected chi connectivity index (χ1v) is 7.10. The molecule has 4 nitrogen and oxygen atoms in total. The zero-order chi connectivity index (χ0) is 16.0. The number of hydrazine groups is 1. The van der Waals surface area contributed by atoms with Crippen LogP contribution in [-0.2, 0) is 0 Å². The molecule has 0 radical (unpaired) electrons. The molecule has 0 unspecified atom stereocenters. The second kappa shape index (κ2) is 8.08. The van der Waals surface area contributed by atoms with Gasteiger partial charge in [-0.25, -0.2) is 9.80 Å². The number of amides is 2. The zero-order valence-corrected chi connectivity index (χ0v) is 13.7. The Kier molecular flexibility index (Phi) is 6.75. The molecule has 0 spiro atoms. The number of anilines is 1. The minimum absolute atomic E-state index is 0.365. The van der Waals surface area contributed by atoms with Gasteiger partial charge in [-0.2, -0.15) is 0 Å². The third-order valence-electron chi connectivity index (χ3n) is 2.36. The first-order chi connectivity index (χ1) is 9.77. The summed E-state index contributed by atoms with van der Waals surface area (Å²) >= 11 is 11.7. The maximum absolute atomic E-state index is 12.0. The molecule has 0 aromatic heterocycles. The fourth-order valence-corrected chi connectivity index (χ4v) is 1.96. The summed E-state index contributed by atoms with van der Waals surface area (Å²) < 4.78 is 0. The average Bonchev–Trinajstić information content (AvgIpc) is 2.31. The fraction of sp³-hybridized carbons (Fsp3) is 0.267. The fourth-order valence-electron chi connectivity index (χ4n) is 1.66. The van der Waals surface area contributed by atoms with Gasteiger partial charge in [-0.3, -0.25) is 5.43 Å². The maximum Gasteiger partial charge on any atom is 0.333 e. The Hall–Kier alpha value is -1.49. The van der Waals surface area contributed by atoms with Crippen LogP contribution in [0.5, 0.6) is 0 Å². The molecule has 21 heavy (non-hydrogen) atoms. The van der Waals surface area contributed by atoms with Crippen molar-refractivity contribution in [3.63, 3.8) is 0 Å². The van der Waals surface area contributed by atoms with E-state index in [0.29, 0.717) is 28.8 Å². The number of hydrogen-bond donors (Lipinski definition) is 2. The van der Waals surface area contributed by atoms with Crippen molar-refractivity contribution in [3.8, 4) is 0 Å². The summed E-state index contributed by atoms with van der Waals surface area (Å²) in [5.41, 5.74) is 5.18. The predicted molar refractivity (Wildman–Crippen MR) is 89.8 cm³/mol. The molecule has 0 fully saturated rings. The number of carbonyl (C=O) groups is 1. The van der Waals surface area contributed by atoms with Crippen LogP contribution >= 0.6 is 23.2 Å². The number of nitrogens with one attached hydrogen (secondary N) is 2.